The predicted octanol–water partition coefficient (Wildman–Crippen LogP) is 8.86. The van der Waals surface area contributed by atoms with Crippen molar-refractivity contribution in [3.63, 3.8) is 0 Å². The van der Waals surface area contributed by atoms with Gasteiger partial charge in [0.1, 0.15) is 30.7 Å². The molecule has 1 aromatic rings. The molecule has 0 bridgehead atoms. The van der Waals surface area contributed by atoms with Gasteiger partial charge in [-0.3, -0.25) is 23.2 Å². The van der Waals surface area contributed by atoms with Gasteiger partial charge in [0.2, 0.25) is 0 Å². The van der Waals surface area contributed by atoms with Crippen LogP contribution >= 0.6 is 15.6 Å². The summed E-state index contributed by atoms with van der Waals surface area (Å²) in [7, 11) is -10.9. The Bertz CT molecular complexity index is 2040. The Kier molecular flexibility index (Phi) is 33.4. The molecule has 1 fully saturated rings. The number of carbonyl (C=O) groups is 2. The third-order valence-corrected chi connectivity index (χ3v) is 13.2. The highest BCUT2D eigenvalue weighted by atomic mass is 31.3. The van der Waals surface area contributed by atoms with E-state index in [0.29, 0.717) is 32.1 Å². The Balaban J connectivity index is 1.85. The lowest BCUT2D eigenvalue weighted by Crippen LogP contribution is -2.36. The molecule has 7 N–H and O–H groups in total. The number of esters is 2. The van der Waals surface area contributed by atoms with Crippen LogP contribution in [0.15, 0.2) is 102 Å². The minimum atomic E-state index is -5.45. The summed E-state index contributed by atoms with van der Waals surface area (Å²) in [6, 6.07) is 1.24. The molecule has 1 aromatic heterocycles. The van der Waals surface area contributed by atoms with Gasteiger partial charge in [-0.2, -0.15) is 9.29 Å². The molecule has 400 valence electrons. The molecule has 1 aliphatic heterocycles. The van der Waals surface area contributed by atoms with E-state index >= 15 is 0 Å². The molecule has 71 heavy (non-hydrogen) atoms. The highest BCUT2D eigenvalue weighted by molar-refractivity contribution is 7.61. The number of unbranched alkanes of at least 4 members (excludes halogenated alkanes) is 10. The summed E-state index contributed by atoms with van der Waals surface area (Å²) in [5.74, 6) is -1.42. The molecule has 2 rings (SSSR count). The smallest absolute Gasteiger partial charge is 0.462 e. The maximum atomic E-state index is 12.8. The molecule has 0 spiro atoms. The maximum absolute atomic E-state index is 12.8. The number of aliphatic hydroxyl groups excluding tert-OH is 3. The average Bonchev–Trinajstić information content (AvgIpc) is 3.60. The van der Waals surface area contributed by atoms with Gasteiger partial charge >= 0.3 is 33.3 Å². The van der Waals surface area contributed by atoms with Crippen molar-refractivity contribution in [2.45, 2.75) is 173 Å². The Morgan fingerprint density at radius 1 is 0.761 bits per heavy atom. The van der Waals surface area contributed by atoms with Gasteiger partial charge < -0.3 is 45.1 Å². The zero-order valence-electron chi connectivity index (χ0n) is 41.4. The van der Waals surface area contributed by atoms with Crippen LogP contribution in [0.5, 0.6) is 0 Å². The van der Waals surface area contributed by atoms with Crippen molar-refractivity contribution in [2.24, 2.45) is 0 Å². The molecule has 21 heteroatoms. The number of nitrogens with two attached hydrogens (primary N) is 1. The van der Waals surface area contributed by atoms with Crippen LogP contribution in [0.2, 0.25) is 0 Å². The fourth-order valence-corrected chi connectivity index (χ4v) is 8.82. The van der Waals surface area contributed by atoms with E-state index in [1.807, 2.05) is 61.6 Å². The second kappa shape index (κ2) is 37.6. The monoisotopic (exact) mass is 1040 g/mol. The number of phosphoric acid groups is 2. The SMILES string of the molecule is CC/C=C\C(O)C/C=C/C=C\C/C=C\C/C=C\CCCC(=O)OC[C@H](COP(=O)(O)OP(=O)(O)OC[C@H]1O[C@@H](n2ccc(N)nc2=O)[C@H](O)[C@@H]1O)OC(=O)CCCCCCC/C=C\C=C/CCCCCC. The van der Waals surface area contributed by atoms with Crippen LogP contribution in [-0.2, 0) is 46.3 Å². The normalized spacial score (nSPS) is 20.3. The minimum absolute atomic E-state index is 0.00720. The number of hydrogen-bond acceptors (Lipinski definition) is 16. The summed E-state index contributed by atoms with van der Waals surface area (Å²) < 4.78 is 56.6. The van der Waals surface area contributed by atoms with Crippen molar-refractivity contribution in [3.05, 3.63) is 108 Å². The average molecular weight is 1040 g/mol. The zero-order valence-corrected chi connectivity index (χ0v) is 43.1. The highest BCUT2D eigenvalue weighted by Gasteiger charge is 2.46. The number of anilines is 1. The van der Waals surface area contributed by atoms with Gasteiger partial charge in [-0.15, -0.1) is 0 Å². The molecule has 1 aliphatic rings. The highest BCUT2D eigenvalue weighted by Crippen LogP contribution is 2.60. The first kappa shape index (κ1) is 63.0. The van der Waals surface area contributed by atoms with Crippen LogP contribution in [0, 0.1) is 0 Å². The first-order valence-corrected chi connectivity index (χ1v) is 27.7. The van der Waals surface area contributed by atoms with Crippen molar-refractivity contribution in [1.82, 2.24) is 9.55 Å². The van der Waals surface area contributed by atoms with Crippen molar-refractivity contribution >= 4 is 33.4 Å². The largest absolute Gasteiger partial charge is 0.481 e. The second-order valence-electron chi connectivity index (χ2n) is 16.8. The Morgan fingerprint density at radius 2 is 1.37 bits per heavy atom. The summed E-state index contributed by atoms with van der Waals surface area (Å²) in [5, 5.41) is 30.7. The summed E-state index contributed by atoms with van der Waals surface area (Å²) >= 11 is 0. The molecular formula is C50H79N3O16P2. The van der Waals surface area contributed by atoms with Gasteiger partial charge in [0.15, 0.2) is 12.3 Å². The van der Waals surface area contributed by atoms with Gasteiger partial charge in [0.25, 0.3) is 0 Å². The number of aromatic nitrogens is 2. The second-order valence-corrected chi connectivity index (χ2v) is 19.9. The van der Waals surface area contributed by atoms with E-state index in [4.69, 9.17) is 29.0 Å². The molecule has 3 unspecified atom stereocenters. The standard InChI is InChI=1S/C50H79N3O16P2/c1-3-5-7-8-9-10-11-12-13-14-19-22-25-28-31-35-46(56)67-42(38-64-45(55)34-30-27-24-21-18-16-15-17-20-23-26-29-33-41(54)32-6-4-2)39-65-70(60,61)69-71(62,63)66-40-43-47(57)48(58)49(68-43)53-37-36-44(51)52-50(53)59/h6,10-13,15-16,20-21,23-24,26,29,32,36-37,41-43,47-49,54,57-58H,3-5,7-9,14,17-19,22,25,27-28,30-31,33-35,38-40H2,1-2H3,(H,60,61)(H,62,63)(H2,51,52,59)/b11-10-,13-12-,16-15-,23-20-,24-21-,29-26+,32-6-/t41?,42-,43-,47-,48-,49-/m1/s1. The van der Waals surface area contributed by atoms with Gasteiger partial charge in [-0.1, -0.05) is 137 Å². The van der Waals surface area contributed by atoms with Crippen LogP contribution in [0.3, 0.4) is 0 Å². The Hall–Kier alpha value is -4.10. The van der Waals surface area contributed by atoms with Crippen LogP contribution in [0.4, 0.5) is 5.82 Å². The van der Waals surface area contributed by atoms with Crippen molar-refractivity contribution in [3.8, 4) is 0 Å². The van der Waals surface area contributed by atoms with Crippen molar-refractivity contribution < 1.29 is 71.4 Å². The van der Waals surface area contributed by atoms with Crippen molar-refractivity contribution in [1.29, 1.82) is 0 Å². The number of allylic oxidation sites excluding steroid dienone is 12. The number of ether oxygens (including phenoxy) is 3. The van der Waals surface area contributed by atoms with Gasteiger partial charge in [0, 0.05) is 19.0 Å². The van der Waals surface area contributed by atoms with Crippen LogP contribution in [0.1, 0.15) is 142 Å². The van der Waals surface area contributed by atoms with Crippen molar-refractivity contribution in [2.75, 3.05) is 25.6 Å². The first-order chi connectivity index (χ1) is 34.1. The van der Waals surface area contributed by atoms with E-state index in [2.05, 4.69) is 40.5 Å². The molecule has 0 saturated carbocycles. The number of nitrogen functional groups attached to an aromatic ring is 1. The lowest BCUT2D eigenvalue weighted by molar-refractivity contribution is -0.161. The van der Waals surface area contributed by atoms with Crippen LogP contribution < -0.4 is 11.4 Å². The molecule has 0 amide bonds. The lowest BCUT2D eigenvalue weighted by Gasteiger charge is -2.21. The number of hydrogen-bond donors (Lipinski definition) is 6. The molecule has 0 radical (unpaired) electrons. The molecular weight excluding hydrogens is 961 g/mol. The molecule has 0 aromatic carbocycles. The molecule has 2 heterocycles. The minimum Gasteiger partial charge on any atom is -0.462 e. The van der Waals surface area contributed by atoms with E-state index in [1.54, 1.807) is 6.08 Å². The van der Waals surface area contributed by atoms with E-state index < -0.39 is 89.8 Å². The van der Waals surface area contributed by atoms with E-state index in [1.165, 1.54) is 31.7 Å². The summed E-state index contributed by atoms with van der Waals surface area (Å²) in [6.07, 6.45) is 35.8. The zero-order chi connectivity index (χ0) is 52.2. The van der Waals surface area contributed by atoms with E-state index in [0.717, 1.165) is 62.1 Å². The third kappa shape index (κ3) is 30.5. The number of nitrogens with zero attached hydrogens (tertiary/aromatic N) is 2. The number of aliphatic hydroxyl groups is 3. The number of rotatable bonds is 39. The maximum Gasteiger partial charge on any atom is 0.481 e. The molecule has 1 saturated heterocycles. The summed E-state index contributed by atoms with van der Waals surface area (Å²) in [6.45, 7) is 1.80. The summed E-state index contributed by atoms with van der Waals surface area (Å²) in [5.41, 5.74) is 4.57. The van der Waals surface area contributed by atoms with Gasteiger partial charge in [0.05, 0.1) is 19.3 Å². The quantitative estimate of drug-likeness (QED) is 0.0118. The predicted molar refractivity (Wildman–Crippen MR) is 271 cm³/mol. The van der Waals surface area contributed by atoms with Crippen LogP contribution in [0.25, 0.3) is 0 Å². The number of phosphoric ester groups is 2. The fraction of sp³-hybridized carbons (Fsp3) is 0.600. The van der Waals surface area contributed by atoms with Crippen LogP contribution in [-0.4, -0.2) is 96.9 Å². The van der Waals surface area contributed by atoms with E-state index in [-0.39, 0.29) is 18.7 Å². The Labute approximate surface area is 419 Å². The first-order valence-electron chi connectivity index (χ1n) is 24.7. The molecule has 8 atom stereocenters. The van der Waals surface area contributed by atoms with Gasteiger partial charge in [-0.05, 0) is 76.7 Å². The number of carbonyl (C=O) groups excluding carboxylic acids is 2. The van der Waals surface area contributed by atoms with Gasteiger partial charge in [-0.25, -0.2) is 13.9 Å². The topological polar surface area (TPSA) is 286 Å². The third-order valence-electron chi connectivity index (χ3n) is 10.6. The van der Waals surface area contributed by atoms with E-state index in [9.17, 15) is 48.6 Å². The lowest BCUT2D eigenvalue weighted by atomic mass is 10.1. The Morgan fingerprint density at radius 3 is 2.07 bits per heavy atom. The summed E-state index contributed by atoms with van der Waals surface area (Å²) in [4.78, 5) is 61.8. The molecule has 19 nitrogen and oxygen atoms in total. The fourth-order valence-electron chi connectivity index (χ4n) is 6.71. The molecule has 0 aliphatic carbocycles.